The molecular weight excluding hydrogens is 534 g/mol. The minimum Gasteiger partial charge on any atom is -0.466 e. The molecule has 3 unspecified atom stereocenters. The zero-order chi connectivity index (χ0) is 31.7. The minimum absolute atomic E-state index is 0.0295. The van der Waals surface area contributed by atoms with E-state index in [1.54, 1.807) is 32.6 Å². The molecule has 3 atom stereocenters. The Morgan fingerprint density at radius 3 is 2.12 bits per heavy atom. The summed E-state index contributed by atoms with van der Waals surface area (Å²) in [6, 6.07) is 5.86. The van der Waals surface area contributed by atoms with E-state index in [1.165, 1.54) is 0 Å². The molecule has 0 bridgehead atoms. The number of amides is 3. The fourth-order valence-corrected chi connectivity index (χ4v) is 4.57. The van der Waals surface area contributed by atoms with E-state index in [4.69, 9.17) is 9.47 Å². The Hall–Kier alpha value is -3.10. The van der Waals surface area contributed by atoms with Crippen molar-refractivity contribution in [3.05, 3.63) is 35.4 Å². The molecule has 1 aromatic rings. The molecule has 0 aliphatic rings. The molecule has 0 spiro atoms. The molecular formula is C33H55N3O6. The monoisotopic (exact) mass is 589 g/mol. The van der Waals surface area contributed by atoms with Gasteiger partial charge in [0, 0.05) is 13.1 Å². The number of ether oxygens (including phenoxy) is 2. The molecule has 0 saturated carbocycles. The lowest BCUT2D eigenvalue weighted by Gasteiger charge is -2.36. The smallest absolute Gasteiger partial charge is 0.408 e. The summed E-state index contributed by atoms with van der Waals surface area (Å²) in [5.74, 6) is -1.33. The maximum Gasteiger partial charge on any atom is 0.408 e. The van der Waals surface area contributed by atoms with Crippen LogP contribution in [-0.4, -0.2) is 60.1 Å². The summed E-state index contributed by atoms with van der Waals surface area (Å²) in [4.78, 5) is 54.5. The second kappa shape index (κ2) is 19.2. The van der Waals surface area contributed by atoms with Crippen molar-refractivity contribution in [3.8, 4) is 0 Å². The van der Waals surface area contributed by atoms with Crippen LogP contribution >= 0.6 is 0 Å². The summed E-state index contributed by atoms with van der Waals surface area (Å²) in [5, 5.41) is 5.66. The third-order valence-corrected chi connectivity index (χ3v) is 7.13. The Labute approximate surface area is 253 Å². The fourth-order valence-electron chi connectivity index (χ4n) is 4.57. The molecule has 0 aliphatic heterocycles. The van der Waals surface area contributed by atoms with Gasteiger partial charge in [-0.1, -0.05) is 84.1 Å². The first-order valence-electron chi connectivity index (χ1n) is 15.7. The highest BCUT2D eigenvalue weighted by molar-refractivity contribution is 5.92. The number of unbranched alkanes of at least 4 members (excludes halogenated alkanes) is 4. The standard InChI is InChI=1S/C33H55N3O6/c1-9-13-14-15-16-23-36(31(39)28(24(5)10-2)35-32(40)42-33(6,7)8)29(26-19-17-25(11-3)18-20-26)30(38)34-22-21-27(37)41-12-4/h17-20,24,28-29H,9-16,21-23H2,1-8H3,(H,34,38)(H,35,40). The molecule has 238 valence electrons. The van der Waals surface area contributed by atoms with Crippen LogP contribution in [0, 0.1) is 5.92 Å². The molecule has 1 rings (SSSR count). The van der Waals surface area contributed by atoms with E-state index in [-0.39, 0.29) is 37.3 Å². The fraction of sp³-hybridized carbons (Fsp3) is 0.697. The number of hydrogen-bond acceptors (Lipinski definition) is 6. The quantitative estimate of drug-likeness (QED) is 0.158. The molecule has 0 radical (unpaired) electrons. The summed E-state index contributed by atoms with van der Waals surface area (Å²) in [6.45, 7) is 15.8. The van der Waals surface area contributed by atoms with Crippen LogP contribution in [0.25, 0.3) is 0 Å². The molecule has 9 heteroatoms. The lowest BCUT2D eigenvalue weighted by atomic mass is 9.95. The summed E-state index contributed by atoms with van der Waals surface area (Å²) in [7, 11) is 0. The predicted octanol–water partition coefficient (Wildman–Crippen LogP) is 6.10. The number of hydrogen-bond donors (Lipinski definition) is 2. The predicted molar refractivity (Wildman–Crippen MR) is 166 cm³/mol. The van der Waals surface area contributed by atoms with Crippen molar-refractivity contribution >= 4 is 23.9 Å². The van der Waals surface area contributed by atoms with Crippen LogP contribution in [-0.2, 0) is 30.3 Å². The topological polar surface area (TPSA) is 114 Å². The number of carbonyl (C=O) groups is 4. The van der Waals surface area contributed by atoms with Gasteiger partial charge in [0.15, 0.2) is 0 Å². The average Bonchev–Trinajstić information content (AvgIpc) is 2.93. The van der Waals surface area contributed by atoms with Crippen molar-refractivity contribution in [1.82, 2.24) is 15.5 Å². The van der Waals surface area contributed by atoms with Gasteiger partial charge < -0.3 is 25.0 Å². The first kappa shape index (κ1) is 36.9. The van der Waals surface area contributed by atoms with Gasteiger partial charge in [0.1, 0.15) is 17.7 Å². The molecule has 42 heavy (non-hydrogen) atoms. The number of benzene rings is 1. The van der Waals surface area contributed by atoms with Crippen LogP contribution in [0.3, 0.4) is 0 Å². The van der Waals surface area contributed by atoms with Gasteiger partial charge in [-0.25, -0.2) is 4.79 Å². The van der Waals surface area contributed by atoms with Crippen molar-refractivity contribution < 1.29 is 28.7 Å². The first-order valence-corrected chi connectivity index (χ1v) is 15.7. The van der Waals surface area contributed by atoms with E-state index in [0.717, 1.165) is 37.7 Å². The number of alkyl carbamates (subject to hydrolysis) is 1. The summed E-state index contributed by atoms with van der Waals surface area (Å²) in [5.41, 5.74) is 1.05. The highest BCUT2D eigenvalue weighted by Crippen LogP contribution is 2.26. The Kier molecular flexibility index (Phi) is 16.8. The van der Waals surface area contributed by atoms with E-state index < -0.39 is 29.7 Å². The van der Waals surface area contributed by atoms with E-state index in [9.17, 15) is 19.2 Å². The second-order valence-corrected chi connectivity index (χ2v) is 11.8. The molecule has 0 heterocycles. The van der Waals surface area contributed by atoms with E-state index in [0.29, 0.717) is 24.9 Å². The largest absolute Gasteiger partial charge is 0.466 e. The van der Waals surface area contributed by atoms with Gasteiger partial charge in [-0.05, 0) is 57.6 Å². The van der Waals surface area contributed by atoms with E-state index in [2.05, 4.69) is 24.5 Å². The summed E-state index contributed by atoms with van der Waals surface area (Å²) >= 11 is 0. The van der Waals surface area contributed by atoms with Gasteiger partial charge in [0.25, 0.3) is 0 Å². The van der Waals surface area contributed by atoms with Crippen LogP contribution < -0.4 is 10.6 Å². The number of nitrogens with one attached hydrogen (secondary N) is 2. The number of rotatable bonds is 18. The van der Waals surface area contributed by atoms with Crippen LogP contribution in [0.1, 0.15) is 118 Å². The van der Waals surface area contributed by atoms with Gasteiger partial charge in [-0.15, -0.1) is 0 Å². The van der Waals surface area contributed by atoms with Crippen LogP contribution in [0.5, 0.6) is 0 Å². The first-order chi connectivity index (χ1) is 19.9. The third-order valence-electron chi connectivity index (χ3n) is 7.13. The molecule has 3 amide bonds. The van der Waals surface area contributed by atoms with Gasteiger partial charge >= 0.3 is 12.1 Å². The number of carbonyl (C=O) groups excluding carboxylic acids is 4. The number of esters is 1. The van der Waals surface area contributed by atoms with Crippen molar-refractivity contribution in [2.45, 2.75) is 124 Å². The lowest BCUT2D eigenvalue weighted by molar-refractivity contribution is -0.145. The zero-order valence-electron chi connectivity index (χ0n) is 27.2. The van der Waals surface area contributed by atoms with Crippen LogP contribution in [0.4, 0.5) is 4.79 Å². The zero-order valence-corrected chi connectivity index (χ0v) is 27.2. The molecule has 0 aliphatic carbocycles. The highest BCUT2D eigenvalue weighted by atomic mass is 16.6. The molecule has 0 saturated heterocycles. The maximum atomic E-state index is 14.4. The van der Waals surface area contributed by atoms with Gasteiger partial charge in [-0.3, -0.25) is 14.4 Å². The molecule has 1 aromatic carbocycles. The minimum atomic E-state index is -0.941. The molecule has 0 aromatic heterocycles. The van der Waals surface area contributed by atoms with Gasteiger partial charge in [0.2, 0.25) is 11.8 Å². The van der Waals surface area contributed by atoms with Gasteiger partial charge in [-0.2, -0.15) is 0 Å². The van der Waals surface area contributed by atoms with Crippen LogP contribution in [0.15, 0.2) is 24.3 Å². The Morgan fingerprint density at radius 2 is 1.57 bits per heavy atom. The maximum absolute atomic E-state index is 14.4. The Balaban J connectivity index is 3.48. The van der Waals surface area contributed by atoms with Crippen molar-refractivity contribution in [2.75, 3.05) is 19.7 Å². The highest BCUT2D eigenvalue weighted by Gasteiger charge is 2.38. The SMILES string of the molecule is CCCCCCCN(C(=O)C(NC(=O)OC(C)(C)C)C(C)CC)C(C(=O)NCCC(=O)OCC)c1ccc(CC)cc1. The number of aryl methyl sites for hydroxylation is 1. The Bertz CT molecular complexity index is 973. The third kappa shape index (κ3) is 13.3. The van der Waals surface area contributed by atoms with Gasteiger partial charge in [0.05, 0.1) is 13.0 Å². The van der Waals surface area contributed by atoms with E-state index >= 15 is 0 Å². The van der Waals surface area contributed by atoms with Crippen molar-refractivity contribution in [2.24, 2.45) is 5.92 Å². The number of nitrogens with zero attached hydrogens (tertiary/aromatic N) is 1. The van der Waals surface area contributed by atoms with E-state index in [1.807, 2.05) is 38.1 Å². The Morgan fingerprint density at radius 1 is 0.929 bits per heavy atom. The lowest BCUT2D eigenvalue weighted by Crippen LogP contribution is -2.55. The second-order valence-electron chi connectivity index (χ2n) is 11.8. The van der Waals surface area contributed by atoms with Crippen LogP contribution in [0.2, 0.25) is 0 Å². The molecule has 0 fully saturated rings. The van der Waals surface area contributed by atoms with Crippen molar-refractivity contribution in [3.63, 3.8) is 0 Å². The summed E-state index contributed by atoms with van der Waals surface area (Å²) in [6.07, 6.45) is 5.68. The normalized spacial score (nSPS) is 13.4. The molecule has 9 nitrogen and oxygen atoms in total. The average molecular weight is 590 g/mol. The van der Waals surface area contributed by atoms with Crippen molar-refractivity contribution in [1.29, 1.82) is 0 Å². The molecule has 2 N–H and O–H groups in total. The summed E-state index contributed by atoms with van der Waals surface area (Å²) < 4.78 is 10.5.